The second-order valence-corrected chi connectivity index (χ2v) is 8.20. The van der Waals surface area contributed by atoms with Crippen molar-refractivity contribution in [3.8, 4) is 5.75 Å². The van der Waals surface area contributed by atoms with Crippen LogP contribution in [0.2, 0.25) is 0 Å². The molecule has 0 radical (unpaired) electrons. The highest BCUT2D eigenvalue weighted by Crippen LogP contribution is 2.28. The lowest BCUT2D eigenvalue weighted by Gasteiger charge is -2.26. The Bertz CT molecular complexity index is 732. The Hall–Kier alpha value is -1.35. The number of methoxy groups -OCH3 is 1. The molecule has 0 unspecified atom stereocenters. The Morgan fingerprint density at radius 1 is 1.31 bits per heavy atom. The number of ether oxygens (including phenoxy) is 1. The van der Waals surface area contributed by atoms with E-state index in [1.165, 1.54) is 19.2 Å². The van der Waals surface area contributed by atoms with E-state index < -0.39 is 15.6 Å². The molecule has 1 aliphatic rings. The van der Waals surface area contributed by atoms with Gasteiger partial charge in [0, 0.05) is 23.7 Å². The second kappa shape index (κ2) is 9.03. The Balaban J connectivity index is 0.00000338. The molecule has 26 heavy (non-hydrogen) atoms. The van der Waals surface area contributed by atoms with Gasteiger partial charge in [-0.15, -0.1) is 12.4 Å². The molecule has 1 amide bonds. The van der Waals surface area contributed by atoms with E-state index in [1.54, 1.807) is 6.07 Å². The summed E-state index contributed by atoms with van der Waals surface area (Å²) in [5.74, 6) is -0.151. The summed E-state index contributed by atoms with van der Waals surface area (Å²) in [6.45, 7) is 4.27. The Labute approximate surface area is 161 Å². The standard InChI is InChI=1S/C17H27N3O4S.ClH/c1-4-17(18,5-2)11-19-16(21)12-6-9-14(24-3)15(10-12)25(22,23)20-13-7-8-13;/h6,9-10,13,20H,4-5,7-8,11,18H2,1-3H3,(H,19,21);1H. The average Bonchev–Trinajstić information content (AvgIpc) is 3.42. The number of sulfonamides is 1. The van der Waals surface area contributed by atoms with E-state index in [9.17, 15) is 13.2 Å². The van der Waals surface area contributed by atoms with Crippen LogP contribution in [0.15, 0.2) is 23.1 Å². The summed E-state index contributed by atoms with van der Waals surface area (Å²) in [5.41, 5.74) is 5.98. The van der Waals surface area contributed by atoms with Crippen molar-refractivity contribution in [2.45, 2.75) is 56.0 Å². The predicted octanol–water partition coefficient (Wildman–Crippen LogP) is 1.81. The summed E-state index contributed by atoms with van der Waals surface area (Å²) < 4.78 is 32.8. The Morgan fingerprint density at radius 3 is 2.42 bits per heavy atom. The first kappa shape index (κ1) is 22.7. The van der Waals surface area contributed by atoms with Crippen LogP contribution >= 0.6 is 12.4 Å². The molecule has 1 fully saturated rings. The number of hydrogen-bond donors (Lipinski definition) is 3. The minimum atomic E-state index is -3.73. The fourth-order valence-corrected chi connectivity index (χ4v) is 3.87. The lowest BCUT2D eigenvalue weighted by atomic mass is 9.94. The van der Waals surface area contributed by atoms with Crippen LogP contribution in [0.4, 0.5) is 0 Å². The molecule has 0 aliphatic heterocycles. The van der Waals surface area contributed by atoms with Crippen LogP contribution in [0.3, 0.4) is 0 Å². The maximum absolute atomic E-state index is 12.5. The maximum Gasteiger partial charge on any atom is 0.251 e. The molecule has 0 aromatic heterocycles. The molecule has 1 aliphatic carbocycles. The first-order valence-electron chi connectivity index (χ1n) is 8.52. The number of nitrogens with one attached hydrogen (secondary N) is 2. The zero-order valence-electron chi connectivity index (χ0n) is 15.4. The van der Waals surface area contributed by atoms with Crippen molar-refractivity contribution in [2.24, 2.45) is 5.73 Å². The summed E-state index contributed by atoms with van der Waals surface area (Å²) >= 11 is 0. The van der Waals surface area contributed by atoms with Crippen LogP contribution < -0.4 is 20.5 Å². The van der Waals surface area contributed by atoms with Gasteiger partial charge in [0.2, 0.25) is 10.0 Å². The molecule has 9 heteroatoms. The summed E-state index contributed by atoms with van der Waals surface area (Å²) in [7, 11) is -2.33. The van der Waals surface area contributed by atoms with Crippen molar-refractivity contribution in [3.63, 3.8) is 0 Å². The molecule has 2 rings (SSSR count). The molecular formula is C17H28ClN3O4S. The lowest BCUT2D eigenvalue weighted by molar-refractivity contribution is 0.0942. The lowest BCUT2D eigenvalue weighted by Crippen LogP contribution is -2.49. The summed E-state index contributed by atoms with van der Waals surface area (Å²) in [6, 6.07) is 4.35. The number of benzene rings is 1. The van der Waals surface area contributed by atoms with Gasteiger partial charge in [-0.25, -0.2) is 13.1 Å². The fraction of sp³-hybridized carbons (Fsp3) is 0.588. The van der Waals surface area contributed by atoms with Crippen LogP contribution in [0, 0.1) is 0 Å². The third-order valence-corrected chi connectivity index (χ3v) is 6.17. The van der Waals surface area contributed by atoms with Crippen molar-refractivity contribution in [3.05, 3.63) is 23.8 Å². The first-order valence-corrected chi connectivity index (χ1v) is 10.0. The molecule has 0 spiro atoms. The number of amides is 1. The summed E-state index contributed by atoms with van der Waals surface area (Å²) in [4.78, 5) is 12.4. The van der Waals surface area contributed by atoms with E-state index in [0.29, 0.717) is 6.54 Å². The van der Waals surface area contributed by atoms with Gasteiger partial charge in [0.05, 0.1) is 7.11 Å². The number of hydrogen-bond acceptors (Lipinski definition) is 5. The minimum Gasteiger partial charge on any atom is -0.495 e. The molecule has 0 heterocycles. The average molecular weight is 406 g/mol. The molecule has 0 atom stereocenters. The molecule has 1 saturated carbocycles. The van der Waals surface area contributed by atoms with Crippen molar-refractivity contribution < 1.29 is 17.9 Å². The molecule has 148 valence electrons. The highest BCUT2D eigenvalue weighted by Gasteiger charge is 2.30. The third-order valence-electron chi connectivity index (χ3n) is 4.62. The van der Waals surface area contributed by atoms with Crippen LogP contribution in [-0.4, -0.2) is 39.6 Å². The van der Waals surface area contributed by atoms with Gasteiger partial charge < -0.3 is 15.8 Å². The Morgan fingerprint density at radius 2 is 1.92 bits per heavy atom. The zero-order valence-corrected chi connectivity index (χ0v) is 17.0. The second-order valence-electron chi connectivity index (χ2n) is 6.51. The topological polar surface area (TPSA) is 111 Å². The van der Waals surface area contributed by atoms with E-state index in [2.05, 4.69) is 10.0 Å². The predicted molar refractivity (Wildman–Crippen MR) is 103 cm³/mol. The van der Waals surface area contributed by atoms with Gasteiger partial charge in [0.1, 0.15) is 10.6 Å². The van der Waals surface area contributed by atoms with E-state index in [0.717, 1.165) is 25.7 Å². The monoisotopic (exact) mass is 405 g/mol. The van der Waals surface area contributed by atoms with Crippen LogP contribution in [0.25, 0.3) is 0 Å². The van der Waals surface area contributed by atoms with E-state index in [4.69, 9.17) is 10.5 Å². The van der Waals surface area contributed by atoms with Crippen LogP contribution in [0.5, 0.6) is 5.75 Å². The molecule has 1 aromatic carbocycles. The van der Waals surface area contributed by atoms with Gasteiger partial charge >= 0.3 is 0 Å². The summed E-state index contributed by atoms with van der Waals surface area (Å²) in [6.07, 6.45) is 3.12. The van der Waals surface area contributed by atoms with Gasteiger partial charge in [-0.3, -0.25) is 4.79 Å². The van der Waals surface area contributed by atoms with E-state index in [-0.39, 0.29) is 40.6 Å². The highest BCUT2D eigenvalue weighted by atomic mass is 35.5. The largest absolute Gasteiger partial charge is 0.495 e. The van der Waals surface area contributed by atoms with Gasteiger partial charge in [0.25, 0.3) is 5.91 Å². The SMILES string of the molecule is CCC(N)(CC)CNC(=O)c1ccc(OC)c(S(=O)(=O)NC2CC2)c1.Cl. The number of carbonyl (C=O) groups is 1. The van der Waals surface area contributed by atoms with Crippen LogP contribution in [-0.2, 0) is 10.0 Å². The maximum atomic E-state index is 12.5. The molecular weight excluding hydrogens is 378 g/mol. The van der Waals surface area contributed by atoms with Crippen molar-refractivity contribution in [2.75, 3.05) is 13.7 Å². The smallest absolute Gasteiger partial charge is 0.251 e. The quantitative estimate of drug-likeness (QED) is 0.580. The number of halogens is 1. The molecule has 4 N–H and O–H groups in total. The van der Waals surface area contributed by atoms with Crippen molar-refractivity contribution >= 4 is 28.3 Å². The normalized spacial score (nSPS) is 14.5. The van der Waals surface area contributed by atoms with Gasteiger partial charge in [-0.05, 0) is 43.9 Å². The van der Waals surface area contributed by atoms with Gasteiger partial charge in [-0.1, -0.05) is 13.8 Å². The van der Waals surface area contributed by atoms with Gasteiger partial charge in [0.15, 0.2) is 0 Å². The number of nitrogens with two attached hydrogens (primary N) is 1. The van der Waals surface area contributed by atoms with E-state index >= 15 is 0 Å². The molecule has 1 aromatic rings. The third kappa shape index (κ3) is 5.57. The number of carbonyl (C=O) groups excluding carboxylic acids is 1. The summed E-state index contributed by atoms with van der Waals surface area (Å²) in [5, 5.41) is 2.79. The fourth-order valence-electron chi connectivity index (χ4n) is 2.37. The Kier molecular flexibility index (Phi) is 7.88. The number of rotatable bonds is 9. The van der Waals surface area contributed by atoms with Gasteiger partial charge in [-0.2, -0.15) is 0 Å². The van der Waals surface area contributed by atoms with Crippen molar-refractivity contribution in [1.29, 1.82) is 0 Å². The van der Waals surface area contributed by atoms with Crippen LogP contribution in [0.1, 0.15) is 49.9 Å². The first-order chi connectivity index (χ1) is 11.7. The highest BCUT2D eigenvalue weighted by molar-refractivity contribution is 7.89. The molecule has 7 nitrogen and oxygen atoms in total. The molecule has 0 bridgehead atoms. The minimum absolute atomic E-state index is 0. The van der Waals surface area contributed by atoms with E-state index in [1.807, 2.05) is 13.8 Å². The molecule has 0 saturated heterocycles. The van der Waals surface area contributed by atoms with Crippen molar-refractivity contribution in [1.82, 2.24) is 10.0 Å². The zero-order chi connectivity index (χ0) is 18.7.